The number of hydrogen-bond acceptors (Lipinski definition) is 1. The molecule has 1 aromatic rings. The summed E-state index contributed by atoms with van der Waals surface area (Å²) in [5, 5.41) is 0. The standard InChI is InChI=1S/C17H10O.C2H6/c18-17-14-9-5-4-8-13(14)15-10-11-6-2-1-3-7-12(11)16(15)17;1-2/h1-10H;1-2H3. The van der Waals surface area contributed by atoms with E-state index in [4.69, 9.17) is 0 Å². The largest absolute Gasteiger partial charge is 0.289 e. The summed E-state index contributed by atoms with van der Waals surface area (Å²) in [6.45, 7) is 4.00. The average molecular weight is 260 g/mol. The van der Waals surface area contributed by atoms with E-state index in [0.717, 1.165) is 33.4 Å². The van der Waals surface area contributed by atoms with E-state index in [1.54, 1.807) is 0 Å². The molecule has 1 aromatic carbocycles. The summed E-state index contributed by atoms with van der Waals surface area (Å²) in [5.74, 6) is 0.154. The highest BCUT2D eigenvalue weighted by molar-refractivity contribution is 6.26. The number of ketones is 1. The van der Waals surface area contributed by atoms with E-state index in [1.807, 2.05) is 62.4 Å². The van der Waals surface area contributed by atoms with Gasteiger partial charge in [-0.15, -0.1) is 0 Å². The Bertz CT molecular complexity index is 755. The molecule has 0 heterocycles. The molecule has 20 heavy (non-hydrogen) atoms. The van der Waals surface area contributed by atoms with Crippen LogP contribution in [0.3, 0.4) is 0 Å². The highest BCUT2D eigenvalue weighted by Crippen LogP contribution is 2.44. The van der Waals surface area contributed by atoms with E-state index in [1.165, 1.54) is 0 Å². The molecule has 0 amide bonds. The monoisotopic (exact) mass is 260 g/mol. The molecule has 0 unspecified atom stereocenters. The molecule has 0 N–H and O–H groups in total. The van der Waals surface area contributed by atoms with Crippen LogP contribution in [0.25, 0.3) is 22.3 Å². The van der Waals surface area contributed by atoms with Gasteiger partial charge in [-0.05, 0) is 28.3 Å². The van der Waals surface area contributed by atoms with Crippen LogP contribution in [0.4, 0.5) is 0 Å². The van der Waals surface area contributed by atoms with Crippen LogP contribution in [-0.4, -0.2) is 5.78 Å². The summed E-state index contributed by atoms with van der Waals surface area (Å²) in [4.78, 5) is 12.5. The quantitative estimate of drug-likeness (QED) is 0.433. The number of rotatable bonds is 0. The molecule has 3 aliphatic carbocycles. The highest BCUT2D eigenvalue weighted by atomic mass is 16.1. The molecule has 0 bridgehead atoms. The zero-order valence-corrected chi connectivity index (χ0v) is 11.7. The maximum atomic E-state index is 12.5. The molecule has 1 nitrogen and oxygen atoms in total. The van der Waals surface area contributed by atoms with Gasteiger partial charge in [0.1, 0.15) is 0 Å². The van der Waals surface area contributed by atoms with Crippen LogP contribution in [0, 0.1) is 0 Å². The predicted molar refractivity (Wildman–Crippen MR) is 83.3 cm³/mol. The lowest BCUT2D eigenvalue weighted by Gasteiger charge is -1.98. The van der Waals surface area contributed by atoms with Gasteiger partial charge in [0.25, 0.3) is 0 Å². The van der Waals surface area contributed by atoms with E-state index < -0.39 is 0 Å². The highest BCUT2D eigenvalue weighted by Gasteiger charge is 2.31. The summed E-state index contributed by atoms with van der Waals surface area (Å²) in [7, 11) is 0. The van der Waals surface area contributed by atoms with E-state index in [9.17, 15) is 4.79 Å². The first kappa shape index (κ1) is 12.6. The zero-order chi connectivity index (χ0) is 14.1. The van der Waals surface area contributed by atoms with Crippen molar-refractivity contribution in [1.82, 2.24) is 0 Å². The van der Waals surface area contributed by atoms with E-state index in [0.29, 0.717) is 0 Å². The molecule has 4 rings (SSSR count). The Morgan fingerprint density at radius 2 is 1.25 bits per heavy atom. The minimum atomic E-state index is 0.154. The maximum Gasteiger partial charge on any atom is 0.194 e. The Hall–Kier alpha value is -2.41. The van der Waals surface area contributed by atoms with Crippen molar-refractivity contribution < 1.29 is 4.79 Å². The van der Waals surface area contributed by atoms with Crippen molar-refractivity contribution in [2.75, 3.05) is 0 Å². The van der Waals surface area contributed by atoms with Crippen molar-refractivity contribution in [1.29, 1.82) is 0 Å². The lowest BCUT2D eigenvalue weighted by molar-refractivity contribution is 0.104. The molecule has 0 spiro atoms. The SMILES string of the molecule is CC.O=C1c2ccccc2-c2cc3cccccc-3c21. The van der Waals surface area contributed by atoms with Gasteiger partial charge >= 0.3 is 0 Å². The minimum absolute atomic E-state index is 0.154. The van der Waals surface area contributed by atoms with Crippen LogP contribution < -0.4 is 0 Å². The fourth-order valence-corrected chi connectivity index (χ4v) is 2.80. The van der Waals surface area contributed by atoms with Crippen LogP contribution >= 0.6 is 0 Å². The summed E-state index contributed by atoms with van der Waals surface area (Å²) < 4.78 is 0. The maximum absolute atomic E-state index is 12.5. The van der Waals surface area contributed by atoms with E-state index in [-0.39, 0.29) is 5.78 Å². The average Bonchev–Trinajstić information content (AvgIpc) is 2.88. The van der Waals surface area contributed by atoms with Crippen molar-refractivity contribution in [3.8, 4) is 22.3 Å². The number of fused-ring (bicyclic) bond motifs is 5. The molecular weight excluding hydrogens is 244 g/mol. The third-order valence-electron chi connectivity index (χ3n) is 3.60. The smallest absolute Gasteiger partial charge is 0.194 e. The number of benzene rings is 1. The Morgan fingerprint density at radius 3 is 2.05 bits per heavy atom. The van der Waals surface area contributed by atoms with Crippen molar-refractivity contribution in [2.45, 2.75) is 13.8 Å². The first-order chi connectivity index (χ1) is 9.86. The van der Waals surface area contributed by atoms with Crippen LogP contribution in [0.2, 0.25) is 0 Å². The van der Waals surface area contributed by atoms with Gasteiger partial charge in [0.2, 0.25) is 0 Å². The topological polar surface area (TPSA) is 17.1 Å². The molecule has 0 atom stereocenters. The summed E-state index contributed by atoms with van der Waals surface area (Å²) >= 11 is 0. The molecule has 0 aromatic heterocycles. The van der Waals surface area contributed by atoms with Crippen LogP contribution in [0.5, 0.6) is 0 Å². The Kier molecular flexibility index (Phi) is 3.11. The molecule has 0 saturated carbocycles. The van der Waals surface area contributed by atoms with Crippen LogP contribution in [0.15, 0.2) is 60.7 Å². The molecule has 0 radical (unpaired) electrons. The first-order valence-electron chi connectivity index (χ1n) is 7.02. The summed E-state index contributed by atoms with van der Waals surface area (Å²) in [6, 6.07) is 20.0. The van der Waals surface area contributed by atoms with Gasteiger partial charge in [-0.3, -0.25) is 4.79 Å². The molecule has 1 heteroatoms. The summed E-state index contributed by atoms with van der Waals surface area (Å²) in [5.41, 5.74) is 6.02. The Balaban J connectivity index is 0.000000581. The normalized spacial score (nSPS) is 11.6. The molecular formula is C19H16O. The van der Waals surface area contributed by atoms with Gasteiger partial charge < -0.3 is 0 Å². The minimum Gasteiger partial charge on any atom is -0.289 e. The molecule has 0 fully saturated rings. The lowest BCUT2D eigenvalue weighted by atomic mass is 10.0. The summed E-state index contributed by atoms with van der Waals surface area (Å²) in [6.07, 6.45) is 0. The third kappa shape index (κ3) is 1.67. The first-order valence-corrected chi connectivity index (χ1v) is 7.02. The second kappa shape index (κ2) is 4.93. The fourth-order valence-electron chi connectivity index (χ4n) is 2.80. The Morgan fingerprint density at radius 1 is 0.650 bits per heavy atom. The van der Waals surface area contributed by atoms with E-state index in [2.05, 4.69) is 12.1 Å². The van der Waals surface area contributed by atoms with Gasteiger partial charge in [0.15, 0.2) is 5.78 Å². The zero-order valence-electron chi connectivity index (χ0n) is 11.7. The van der Waals surface area contributed by atoms with Gasteiger partial charge in [0.05, 0.1) is 0 Å². The molecule has 98 valence electrons. The van der Waals surface area contributed by atoms with Crippen molar-refractivity contribution in [2.24, 2.45) is 0 Å². The molecule has 0 aliphatic heterocycles. The van der Waals surface area contributed by atoms with Gasteiger partial charge in [-0.25, -0.2) is 0 Å². The van der Waals surface area contributed by atoms with Gasteiger partial charge in [0, 0.05) is 11.1 Å². The second-order valence-corrected chi connectivity index (χ2v) is 4.59. The van der Waals surface area contributed by atoms with Crippen molar-refractivity contribution in [3.63, 3.8) is 0 Å². The molecule has 3 aliphatic rings. The van der Waals surface area contributed by atoms with Gasteiger partial charge in [-0.1, -0.05) is 68.4 Å². The lowest BCUT2D eigenvalue weighted by Crippen LogP contribution is -1.95. The number of carbonyl (C=O) groups is 1. The Labute approximate surface area is 119 Å². The third-order valence-corrected chi connectivity index (χ3v) is 3.60. The van der Waals surface area contributed by atoms with E-state index >= 15 is 0 Å². The molecule has 0 saturated heterocycles. The van der Waals surface area contributed by atoms with Crippen LogP contribution in [0.1, 0.15) is 29.8 Å². The number of carbonyl (C=O) groups excluding carboxylic acids is 1. The van der Waals surface area contributed by atoms with Crippen molar-refractivity contribution >= 4 is 5.78 Å². The van der Waals surface area contributed by atoms with Gasteiger partial charge in [-0.2, -0.15) is 0 Å². The predicted octanol–water partition coefficient (Wildman–Crippen LogP) is 5.03. The fraction of sp³-hybridized carbons (Fsp3) is 0.105. The second-order valence-electron chi connectivity index (χ2n) is 4.59. The van der Waals surface area contributed by atoms with Crippen LogP contribution in [-0.2, 0) is 0 Å². The number of hydrogen-bond donors (Lipinski definition) is 0. The van der Waals surface area contributed by atoms with Crippen molar-refractivity contribution in [3.05, 3.63) is 71.8 Å².